The van der Waals surface area contributed by atoms with Crippen molar-refractivity contribution in [1.29, 1.82) is 0 Å². The van der Waals surface area contributed by atoms with Crippen LogP contribution in [-0.2, 0) is 31.3 Å². The van der Waals surface area contributed by atoms with Crippen LogP contribution in [0.3, 0.4) is 0 Å². The molecular formula is C24H33N5O3. The fourth-order valence-electron chi connectivity index (χ4n) is 4.35. The lowest BCUT2D eigenvalue weighted by Crippen LogP contribution is -2.48. The summed E-state index contributed by atoms with van der Waals surface area (Å²) in [4.78, 5) is 31.9. The van der Waals surface area contributed by atoms with Crippen LogP contribution in [0.4, 0.5) is 4.79 Å². The molecule has 0 saturated carbocycles. The molecule has 0 N–H and O–H groups in total. The van der Waals surface area contributed by atoms with Gasteiger partial charge < -0.3 is 14.5 Å². The van der Waals surface area contributed by atoms with E-state index in [2.05, 4.69) is 34.3 Å². The van der Waals surface area contributed by atoms with E-state index < -0.39 is 5.60 Å². The molecule has 2 aliphatic heterocycles. The van der Waals surface area contributed by atoms with Crippen molar-refractivity contribution >= 4 is 12.0 Å². The van der Waals surface area contributed by atoms with Gasteiger partial charge in [-0.3, -0.25) is 14.4 Å². The van der Waals surface area contributed by atoms with Gasteiger partial charge >= 0.3 is 6.09 Å². The van der Waals surface area contributed by atoms with E-state index in [0.717, 1.165) is 30.9 Å². The number of hydrogen-bond donors (Lipinski definition) is 0. The number of piperazine rings is 1. The van der Waals surface area contributed by atoms with Gasteiger partial charge in [0.05, 0.1) is 6.54 Å². The predicted octanol–water partition coefficient (Wildman–Crippen LogP) is 2.67. The number of hydrogen-bond acceptors (Lipinski definition) is 5. The Labute approximate surface area is 189 Å². The van der Waals surface area contributed by atoms with Crippen LogP contribution >= 0.6 is 0 Å². The fraction of sp³-hybridized carbons (Fsp3) is 0.542. The van der Waals surface area contributed by atoms with Crippen molar-refractivity contribution in [2.45, 2.75) is 45.9 Å². The molecule has 0 bridgehead atoms. The molecule has 0 unspecified atom stereocenters. The molecule has 0 spiro atoms. The molecule has 0 radical (unpaired) electrons. The van der Waals surface area contributed by atoms with E-state index in [0.29, 0.717) is 38.3 Å². The van der Waals surface area contributed by atoms with Crippen LogP contribution in [0.25, 0.3) is 0 Å². The van der Waals surface area contributed by atoms with Crippen molar-refractivity contribution in [1.82, 2.24) is 24.5 Å². The van der Waals surface area contributed by atoms with E-state index >= 15 is 0 Å². The zero-order valence-corrected chi connectivity index (χ0v) is 19.5. The third-order valence-electron chi connectivity index (χ3n) is 6.01. The molecular weight excluding hydrogens is 406 g/mol. The third-order valence-corrected chi connectivity index (χ3v) is 6.01. The van der Waals surface area contributed by atoms with Crippen molar-refractivity contribution in [2.24, 2.45) is 7.05 Å². The summed E-state index contributed by atoms with van der Waals surface area (Å²) < 4.78 is 7.33. The number of benzene rings is 1. The zero-order chi connectivity index (χ0) is 22.9. The number of aryl methyl sites for hydroxylation is 1. The number of carbonyl (C=O) groups excluding carboxylic acids is 2. The minimum absolute atomic E-state index is 0.0488. The summed E-state index contributed by atoms with van der Waals surface area (Å²) in [5.41, 5.74) is 3.07. The summed E-state index contributed by atoms with van der Waals surface area (Å²) in [5, 5.41) is 4.56. The maximum Gasteiger partial charge on any atom is 0.410 e. The zero-order valence-electron chi connectivity index (χ0n) is 19.5. The molecule has 1 aromatic carbocycles. The van der Waals surface area contributed by atoms with Crippen LogP contribution in [0.15, 0.2) is 30.3 Å². The van der Waals surface area contributed by atoms with Crippen molar-refractivity contribution in [3.8, 4) is 0 Å². The largest absolute Gasteiger partial charge is 0.444 e. The maximum atomic E-state index is 13.4. The molecule has 0 aliphatic carbocycles. The summed E-state index contributed by atoms with van der Waals surface area (Å²) in [6.45, 7) is 10.4. The van der Waals surface area contributed by atoms with Crippen LogP contribution in [-0.4, -0.2) is 74.8 Å². The van der Waals surface area contributed by atoms with Gasteiger partial charge in [0, 0.05) is 64.0 Å². The highest BCUT2D eigenvalue weighted by molar-refractivity contribution is 5.94. The second kappa shape index (κ2) is 8.94. The Morgan fingerprint density at radius 2 is 1.69 bits per heavy atom. The number of carbonyl (C=O) groups is 2. The van der Waals surface area contributed by atoms with Crippen LogP contribution in [0.1, 0.15) is 48.1 Å². The molecule has 4 rings (SSSR count). The average Bonchev–Trinajstić information content (AvgIpc) is 3.09. The molecule has 1 aromatic heterocycles. The van der Waals surface area contributed by atoms with Gasteiger partial charge in [-0.1, -0.05) is 30.3 Å². The molecule has 2 aliphatic rings. The minimum atomic E-state index is -0.551. The summed E-state index contributed by atoms with van der Waals surface area (Å²) in [6.07, 6.45) is 0.316. The van der Waals surface area contributed by atoms with Crippen LogP contribution in [0, 0.1) is 0 Å². The van der Waals surface area contributed by atoms with Crippen molar-refractivity contribution in [2.75, 3.05) is 32.7 Å². The molecule has 172 valence electrons. The topological polar surface area (TPSA) is 70.9 Å². The van der Waals surface area contributed by atoms with Gasteiger partial charge in [-0.15, -0.1) is 0 Å². The van der Waals surface area contributed by atoms with Crippen molar-refractivity contribution in [3.63, 3.8) is 0 Å². The Bertz CT molecular complexity index is 972. The van der Waals surface area contributed by atoms with Gasteiger partial charge in [-0.2, -0.15) is 5.10 Å². The van der Waals surface area contributed by atoms with E-state index in [1.165, 1.54) is 5.56 Å². The molecule has 32 heavy (non-hydrogen) atoms. The first-order valence-corrected chi connectivity index (χ1v) is 11.3. The molecule has 2 aromatic rings. The van der Waals surface area contributed by atoms with Crippen molar-refractivity contribution < 1.29 is 14.3 Å². The SMILES string of the molecule is Cn1nc(C(=O)N2CCN(Cc3ccccc3)CC2)c2c1CCN(C(=O)OC(C)(C)C)C2. The number of rotatable bonds is 3. The summed E-state index contributed by atoms with van der Waals surface area (Å²) in [5.74, 6) is -0.0488. The number of amides is 2. The molecule has 2 amide bonds. The lowest BCUT2D eigenvalue weighted by Gasteiger charge is -2.35. The van der Waals surface area contributed by atoms with Crippen LogP contribution in [0.2, 0.25) is 0 Å². The molecule has 0 atom stereocenters. The number of nitrogens with zero attached hydrogens (tertiary/aromatic N) is 5. The first-order valence-electron chi connectivity index (χ1n) is 11.3. The quantitative estimate of drug-likeness (QED) is 0.735. The fourth-order valence-corrected chi connectivity index (χ4v) is 4.35. The molecule has 8 nitrogen and oxygen atoms in total. The third kappa shape index (κ3) is 4.96. The minimum Gasteiger partial charge on any atom is -0.444 e. The Balaban J connectivity index is 1.42. The van der Waals surface area contributed by atoms with Gasteiger partial charge in [0.15, 0.2) is 5.69 Å². The second-order valence-electron chi connectivity index (χ2n) is 9.60. The number of aromatic nitrogens is 2. The highest BCUT2D eigenvalue weighted by Crippen LogP contribution is 2.25. The molecule has 3 heterocycles. The number of ether oxygens (including phenoxy) is 1. The first-order chi connectivity index (χ1) is 15.2. The van der Waals surface area contributed by atoms with E-state index in [4.69, 9.17) is 4.74 Å². The molecule has 1 fully saturated rings. The lowest BCUT2D eigenvalue weighted by atomic mass is 10.0. The van der Waals surface area contributed by atoms with Crippen LogP contribution in [0.5, 0.6) is 0 Å². The standard InChI is InChI=1S/C24H33N5O3/c1-24(2,3)32-23(31)29-11-10-20-19(17-29)21(25-26(20)4)22(30)28-14-12-27(13-15-28)16-18-8-6-5-7-9-18/h5-9H,10-17H2,1-4H3. The van der Waals surface area contributed by atoms with Gasteiger partial charge in [0.25, 0.3) is 5.91 Å². The van der Waals surface area contributed by atoms with E-state index in [9.17, 15) is 9.59 Å². The van der Waals surface area contributed by atoms with Gasteiger partial charge in [0.1, 0.15) is 5.60 Å². The predicted molar refractivity (Wildman–Crippen MR) is 121 cm³/mol. The number of fused-ring (bicyclic) bond motifs is 1. The van der Waals surface area contributed by atoms with Gasteiger partial charge in [-0.05, 0) is 26.3 Å². The summed E-state index contributed by atoms with van der Waals surface area (Å²) in [6, 6.07) is 10.4. The normalized spacial score (nSPS) is 17.2. The molecule has 1 saturated heterocycles. The maximum absolute atomic E-state index is 13.4. The Morgan fingerprint density at radius 3 is 2.34 bits per heavy atom. The highest BCUT2D eigenvalue weighted by Gasteiger charge is 2.33. The van der Waals surface area contributed by atoms with E-state index in [-0.39, 0.29) is 12.0 Å². The Kier molecular flexibility index (Phi) is 6.24. The van der Waals surface area contributed by atoms with Crippen LogP contribution < -0.4 is 0 Å². The van der Waals surface area contributed by atoms with Crippen molar-refractivity contribution in [3.05, 3.63) is 52.8 Å². The molecule has 8 heteroatoms. The van der Waals surface area contributed by atoms with E-state index in [1.54, 1.807) is 9.58 Å². The summed E-state index contributed by atoms with van der Waals surface area (Å²) in [7, 11) is 1.87. The van der Waals surface area contributed by atoms with Gasteiger partial charge in [-0.25, -0.2) is 4.79 Å². The summed E-state index contributed by atoms with van der Waals surface area (Å²) >= 11 is 0. The first kappa shape index (κ1) is 22.3. The highest BCUT2D eigenvalue weighted by atomic mass is 16.6. The smallest absolute Gasteiger partial charge is 0.410 e. The Morgan fingerprint density at radius 1 is 1.00 bits per heavy atom. The van der Waals surface area contributed by atoms with E-state index in [1.807, 2.05) is 38.8 Å². The lowest BCUT2D eigenvalue weighted by molar-refractivity contribution is 0.0220. The average molecular weight is 440 g/mol. The second-order valence-corrected chi connectivity index (χ2v) is 9.60. The van der Waals surface area contributed by atoms with Gasteiger partial charge in [0.2, 0.25) is 0 Å². The Hall–Kier alpha value is -2.87. The monoisotopic (exact) mass is 439 g/mol.